The molecule has 1 aliphatic rings. The van der Waals surface area contributed by atoms with Crippen molar-refractivity contribution in [2.24, 2.45) is 9.98 Å². The SMILES string of the molecule is Cc1cccc(C)c1N=C1C(=Nc2c(C)cccc2C)N(c2c(C)cccc2C)C(=O)N1c1c(C)cccc1C. The fourth-order valence-electron chi connectivity index (χ4n) is 5.58. The van der Waals surface area contributed by atoms with Crippen molar-refractivity contribution in [3.63, 3.8) is 0 Å². The monoisotopic (exact) mass is 528 g/mol. The molecule has 0 N–H and O–H groups in total. The molecule has 4 aromatic carbocycles. The highest BCUT2D eigenvalue weighted by molar-refractivity contribution is 6.64. The Morgan fingerprint density at radius 2 is 0.675 bits per heavy atom. The van der Waals surface area contributed by atoms with Crippen molar-refractivity contribution in [1.29, 1.82) is 0 Å². The topological polar surface area (TPSA) is 48.3 Å². The van der Waals surface area contributed by atoms with E-state index in [1.807, 2.05) is 76.2 Å². The molecule has 5 heteroatoms. The summed E-state index contributed by atoms with van der Waals surface area (Å²) in [6.07, 6.45) is 0. The Morgan fingerprint density at radius 1 is 0.425 bits per heavy atom. The lowest BCUT2D eigenvalue weighted by atomic mass is 10.1. The number of para-hydroxylation sites is 4. The molecule has 1 saturated heterocycles. The molecule has 1 aliphatic heterocycles. The van der Waals surface area contributed by atoms with Crippen LogP contribution < -0.4 is 9.80 Å². The van der Waals surface area contributed by atoms with E-state index in [1.54, 1.807) is 9.80 Å². The fourth-order valence-corrected chi connectivity index (χ4v) is 5.58. The van der Waals surface area contributed by atoms with Crippen molar-refractivity contribution in [2.45, 2.75) is 55.4 Å². The van der Waals surface area contributed by atoms with Crippen molar-refractivity contribution in [2.75, 3.05) is 9.80 Å². The zero-order valence-corrected chi connectivity index (χ0v) is 24.6. The van der Waals surface area contributed by atoms with Gasteiger partial charge in [0.2, 0.25) is 0 Å². The minimum atomic E-state index is -0.190. The number of benzene rings is 4. The van der Waals surface area contributed by atoms with Gasteiger partial charge in [-0.15, -0.1) is 0 Å². The fraction of sp³-hybridized carbons (Fsp3) is 0.229. The summed E-state index contributed by atoms with van der Waals surface area (Å²) in [7, 11) is 0. The van der Waals surface area contributed by atoms with Crippen LogP contribution in [-0.4, -0.2) is 17.7 Å². The maximum absolute atomic E-state index is 14.7. The quantitative estimate of drug-likeness (QED) is 0.261. The second kappa shape index (κ2) is 10.6. The first-order valence-electron chi connectivity index (χ1n) is 13.7. The Balaban J connectivity index is 1.92. The van der Waals surface area contributed by atoms with Gasteiger partial charge in [0.15, 0.2) is 11.7 Å². The summed E-state index contributed by atoms with van der Waals surface area (Å²) in [4.78, 5) is 28.8. The molecule has 0 saturated carbocycles. The Morgan fingerprint density at radius 3 is 0.950 bits per heavy atom. The van der Waals surface area contributed by atoms with Gasteiger partial charge in [0.25, 0.3) is 0 Å². The summed E-state index contributed by atoms with van der Waals surface area (Å²) in [5.41, 5.74) is 11.5. The van der Waals surface area contributed by atoms with Gasteiger partial charge in [-0.2, -0.15) is 0 Å². The van der Waals surface area contributed by atoms with E-state index in [4.69, 9.17) is 9.98 Å². The minimum Gasteiger partial charge on any atom is -0.247 e. The molecule has 40 heavy (non-hydrogen) atoms. The molecule has 4 aromatic rings. The van der Waals surface area contributed by atoms with Crippen LogP contribution in [0.5, 0.6) is 0 Å². The summed E-state index contributed by atoms with van der Waals surface area (Å²) in [5.74, 6) is 1.04. The number of nitrogens with zero attached hydrogens (tertiary/aromatic N) is 4. The van der Waals surface area contributed by atoms with Crippen LogP contribution in [-0.2, 0) is 0 Å². The van der Waals surface area contributed by atoms with Crippen molar-refractivity contribution >= 4 is 40.5 Å². The number of carbonyl (C=O) groups is 1. The molecule has 1 fully saturated rings. The van der Waals surface area contributed by atoms with Gasteiger partial charge in [0, 0.05) is 0 Å². The van der Waals surface area contributed by atoms with Crippen LogP contribution >= 0.6 is 0 Å². The Kier molecular flexibility index (Phi) is 7.16. The van der Waals surface area contributed by atoms with Gasteiger partial charge in [-0.05, 0) is 99.9 Å². The second-order valence-electron chi connectivity index (χ2n) is 10.8. The zero-order chi connectivity index (χ0) is 28.7. The number of anilines is 2. The van der Waals surface area contributed by atoms with Gasteiger partial charge in [-0.25, -0.2) is 24.6 Å². The van der Waals surface area contributed by atoms with Crippen LogP contribution in [0, 0.1) is 55.4 Å². The molecule has 5 rings (SSSR count). The molecular weight excluding hydrogens is 492 g/mol. The molecule has 202 valence electrons. The van der Waals surface area contributed by atoms with Crippen molar-refractivity contribution < 1.29 is 4.79 Å². The highest BCUT2D eigenvalue weighted by Crippen LogP contribution is 2.38. The number of hydrogen-bond donors (Lipinski definition) is 0. The predicted molar refractivity (Wildman–Crippen MR) is 168 cm³/mol. The van der Waals surface area contributed by atoms with Gasteiger partial charge in [0.05, 0.1) is 22.7 Å². The van der Waals surface area contributed by atoms with E-state index in [9.17, 15) is 4.79 Å². The summed E-state index contributed by atoms with van der Waals surface area (Å²) in [6, 6.07) is 24.3. The molecule has 2 amide bonds. The van der Waals surface area contributed by atoms with Crippen LogP contribution in [0.25, 0.3) is 0 Å². The third-order valence-corrected chi connectivity index (χ3v) is 7.65. The molecule has 0 aliphatic carbocycles. The lowest BCUT2D eigenvalue weighted by Gasteiger charge is -2.23. The van der Waals surface area contributed by atoms with Crippen molar-refractivity contribution in [1.82, 2.24) is 0 Å². The van der Waals surface area contributed by atoms with E-state index in [-0.39, 0.29) is 6.03 Å². The smallest absolute Gasteiger partial charge is 0.247 e. The number of aryl methyl sites for hydroxylation is 8. The van der Waals surface area contributed by atoms with E-state index < -0.39 is 0 Å². The van der Waals surface area contributed by atoms with Crippen LogP contribution in [0.15, 0.2) is 82.8 Å². The Bertz CT molecular complexity index is 1510. The molecule has 0 bridgehead atoms. The lowest BCUT2D eigenvalue weighted by Crippen LogP contribution is -2.35. The maximum Gasteiger partial charge on any atom is 0.340 e. The summed E-state index contributed by atoms with van der Waals surface area (Å²) in [5, 5.41) is 0. The number of carbonyl (C=O) groups excluding carboxylic acids is 1. The molecule has 1 heterocycles. The second-order valence-corrected chi connectivity index (χ2v) is 10.8. The maximum atomic E-state index is 14.7. The zero-order valence-electron chi connectivity index (χ0n) is 24.6. The third-order valence-electron chi connectivity index (χ3n) is 7.65. The van der Waals surface area contributed by atoms with Crippen LogP contribution in [0.3, 0.4) is 0 Å². The molecule has 0 unspecified atom stereocenters. The number of amides is 2. The first-order valence-corrected chi connectivity index (χ1v) is 13.7. The standard InChI is InChI=1S/C35H36N4O/c1-21-13-9-14-22(2)29(21)36-33-34(37-30-23(3)15-10-16-24(30)4)39(32-27(7)19-12-20-28(32)8)35(40)38(33)31-25(5)17-11-18-26(31)6/h9-20H,1-8H3. The molecule has 5 nitrogen and oxygen atoms in total. The third kappa shape index (κ3) is 4.62. The normalized spacial score (nSPS) is 15.6. The van der Waals surface area contributed by atoms with E-state index in [2.05, 4.69) is 52.0 Å². The first kappa shape index (κ1) is 27.1. The van der Waals surface area contributed by atoms with Gasteiger partial charge in [-0.3, -0.25) is 0 Å². The van der Waals surface area contributed by atoms with Crippen LogP contribution in [0.2, 0.25) is 0 Å². The molecule has 0 radical (unpaired) electrons. The summed E-state index contributed by atoms with van der Waals surface area (Å²) in [6.45, 7) is 16.4. The van der Waals surface area contributed by atoms with Crippen LogP contribution in [0.1, 0.15) is 44.5 Å². The van der Waals surface area contributed by atoms with E-state index in [0.29, 0.717) is 11.7 Å². The van der Waals surface area contributed by atoms with Crippen molar-refractivity contribution in [3.05, 3.63) is 117 Å². The molecule has 0 spiro atoms. The number of urea groups is 1. The highest BCUT2D eigenvalue weighted by atomic mass is 16.2. The average Bonchev–Trinajstić information content (AvgIpc) is 3.14. The molecule has 0 aromatic heterocycles. The number of aliphatic imine (C=N–C) groups is 2. The van der Waals surface area contributed by atoms with Gasteiger partial charge in [-0.1, -0.05) is 72.8 Å². The van der Waals surface area contributed by atoms with E-state index in [1.165, 1.54) is 0 Å². The Labute approximate surface area is 237 Å². The number of rotatable bonds is 4. The number of amidine groups is 2. The van der Waals surface area contributed by atoms with Crippen molar-refractivity contribution in [3.8, 4) is 0 Å². The first-order chi connectivity index (χ1) is 19.1. The van der Waals surface area contributed by atoms with Gasteiger partial charge >= 0.3 is 6.03 Å². The van der Waals surface area contributed by atoms with Crippen LogP contribution in [0.4, 0.5) is 27.5 Å². The number of hydrogen-bond acceptors (Lipinski definition) is 3. The van der Waals surface area contributed by atoms with E-state index >= 15 is 0 Å². The largest absolute Gasteiger partial charge is 0.340 e. The van der Waals surface area contributed by atoms with Gasteiger partial charge < -0.3 is 0 Å². The minimum absolute atomic E-state index is 0.190. The Hall–Kier alpha value is -4.51. The molecule has 0 atom stereocenters. The van der Waals surface area contributed by atoms with Gasteiger partial charge in [0.1, 0.15) is 0 Å². The average molecular weight is 529 g/mol. The molecular formula is C35H36N4O. The summed E-state index contributed by atoms with van der Waals surface area (Å²) >= 11 is 0. The van der Waals surface area contributed by atoms with E-state index in [0.717, 1.165) is 67.3 Å². The predicted octanol–water partition coefficient (Wildman–Crippen LogP) is 9.06. The summed E-state index contributed by atoms with van der Waals surface area (Å²) < 4.78 is 0. The highest BCUT2D eigenvalue weighted by Gasteiger charge is 2.45. The lowest BCUT2D eigenvalue weighted by molar-refractivity contribution is 0.257.